The normalized spacial score (nSPS) is 14.7. The molecule has 0 aliphatic carbocycles. The van der Waals surface area contributed by atoms with Crippen LogP contribution in [0.5, 0.6) is 5.75 Å². The second-order valence-electron chi connectivity index (χ2n) is 8.01. The van der Waals surface area contributed by atoms with Gasteiger partial charge in [-0.15, -0.1) is 0 Å². The first-order valence-corrected chi connectivity index (χ1v) is 10.3. The van der Waals surface area contributed by atoms with Crippen molar-refractivity contribution in [2.75, 3.05) is 19.7 Å². The van der Waals surface area contributed by atoms with E-state index in [1.807, 2.05) is 60.4 Å². The molecule has 29 heavy (non-hydrogen) atoms. The molecule has 1 aliphatic rings. The average molecular weight is 395 g/mol. The van der Waals surface area contributed by atoms with E-state index in [2.05, 4.69) is 19.2 Å². The highest BCUT2D eigenvalue weighted by Gasteiger charge is 2.24. The van der Waals surface area contributed by atoms with E-state index in [9.17, 15) is 9.59 Å². The van der Waals surface area contributed by atoms with Crippen LogP contribution >= 0.6 is 0 Å². The number of benzene rings is 2. The molecule has 1 heterocycles. The molecular weight excluding hydrogens is 364 g/mol. The molecule has 154 valence electrons. The minimum absolute atomic E-state index is 0.00351. The van der Waals surface area contributed by atoms with Gasteiger partial charge in [0.05, 0.1) is 0 Å². The number of nitrogens with one attached hydrogen (secondary N) is 1. The number of piperidine rings is 1. The molecule has 0 atom stereocenters. The minimum Gasteiger partial charge on any atom is -0.484 e. The van der Waals surface area contributed by atoms with Crippen molar-refractivity contribution in [1.82, 2.24) is 10.2 Å². The zero-order valence-electron chi connectivity index (χ0n) is 17.5. The van der Waals surface area contributed by atoms with Crippen LogP contribution in [0.3, 0.4) is 0 Å². The molecule has 0 unspecified atom stereocenters. The largest absolute Gasteiger partial charge is 0.484 e. The summed E-state index contributed by atoms with van der Waals surface area (Å²) in [6, 6.07) is 15.6. The van der Waals surface area contributed by atoms with Crippen molar-refractivity contribution in [2.45, 2.75) is 45.6 Å². The third-order valence-electron chi connectivity index (χ3n) is 5.36. The minimum atomic E-state index is -0.124. The van der Waals surface area contributed by atoms with Crippen LogP contribution in [0.15, 0.2) is 48.5 Å². The number of carbonyl (C=O) groups is 2. The van der Waals surface area contributed by atoms with E-state index < -0.39 is 0 Å². The molecular formula is C24H30N2O3. The predicted octanol–water partition coefficient (Wildman–Crippen LogP) is 3.92. The molecule has 5 nitrogen and oxygen atoms in total. The molecule has 1 saturated heterocycles. The Balaban J connectivity index is 1.41. The molecule has 0 radical (unpaired) electrons. The molecule has 0 spiro atoms. The summed E-state index contributed by atoms with van der Waals surface area (Å²) < 4.78 is 5.59. The first-order chi connectivity index (χ1) is 13.9. The molecule has 0 bridgehead atoms. The van der Waals surface area contributed by atoms with Crippen molar-refractivity contribution in [2.24, 2.45) is 0 Å². The molecule has 1 fully saturated rings. The zero-order chi connectivity index (χ0) is 20.8. The third kappa shape index (κ3) is 5.83. The SMILES string of the molecule is Cc1ccc(C(=O)N2CCC(NC(=O)COc3ccc(C(C)C)cc3)CC2)cc1. The topological polar surface area (TPSA) is 58.6 Å². The smallest absolute Gasteiger partial charge is 0.258 e. The van der Waals surface area contributed by atoms with Crippen LogP contribution in [-0.2, 0) is 4.79 Å². The van der Waals surface area contributed by atoms with Crippen molar-refractivity contribution in [3.05, 3.63) is 65.2 Å². The zero-order valence-corrected chi connectivity index (χ0v) is 17.5. The molecule has 1 aliphatic heterocycles. The molecule has 2 aromatic rings. The number of nitrogens with zero attached hydrogens (tertiary/aromatic N) is 1. The van der Waals surface area contributed by atoms with Crippen molar-refractivity contribution >= 4 is 11.8 Å². The Morgan fingerprint density at radius 2 is 1.66 bits per heavy atom. The Morgan fingerprint density at radius 1 is 1.03 bits per heavy atom. The predicted molar refractivity (Wildman–Crippen MR) is 114 cm³/mol. The van der Waals surface area contributed by atoms with E-state index in [1.54, 1.807) is 0 Å². The van der Waals surface area contributed by atoms with Crippen LogP contribution < -0.4 is 10.1 Å². The number of amides is 2. The van der Waals surface area contributed by atoms with E-state index in [0.29, 0.717) is 24.8 Å². The number of hydrogen-bond donors (Lipinski definition) is 1. The maximum Gasteiger partial charge on any atom is 0.258 e. The fourth-order valence-electron chi connectivity index (χ4n) is 3.47. The second-order valence-corrected chi connectivity index (χ2v) is 8.01. The number of carbonyl (C=O) groups excluding carboxylic acids is 2. The van der Waals surface area contributed by atoms with E-state index in [4.69, 9.17) is 4.74 Å². The second kappa shape index (κ2) is 9.59. The highest BCUT2D eigenvalue weighted by Crippen LogP contribution is 2.19. The van der Waals surface area contributed by atoms with Crippen LogP contribution in [0.25, 0.3) is 0 Å². The van der Waals surface area contributed by atoms with Gasteiger partial charge in [-0.2, -0.15) is 0 Å². The number of likely N-dealkylation sites (tertiary alicyclic amines) is 1. The summed E-state index contributed by atoms with van der Waals surface area (Å²) >= 11 is 0. The van der Waals surface area contributed by atoms with Gasteiger partial charge in [0.25, 0.3) is 11.8 Å². The van der Waals surface area contributed by atoms with Crippen molar-refractivity contribution < 1.29 is 14.3 Å². The summed E-state index contributed by atoms with van der Waals surface area (Å²) in [6.45, 7) is 7.59. The molecule has 5 heteroatoms. The molecule has 1 N–H and O–H groups in total. The van der Waals surface area contributed by atoms with Gasteiger partial charge in [-0.25, -0.2) is 0 Å². The van der Waals surface area contributed by atoms with Gasteiger partial charge in [0.15, 0.2) is 6.61 Å². The van der Waals surface area contributed by atoms with Gasteiger partial charge in [0.1, 0.15) is 5.75 Å². The van der Waals surface area contributed by atoms with Gasteiger partial charge < -0.3 is 15.0 Å². The monoisotopic (exact) mass is 394 g/mol. The Kier molecular flexibility index (Phi) is 6.91. The summed E-state index contributed by atoms with van der Waals surface area (Å²) in [4.78, 5) is 26.7. The lowest BCUT2D eigenvalue weighted by molar-refractivity contribution is -0.124. The first-order valence-electron chi connectivity index (χ1n) is 10.3. The summed E-state index contributed by atoms with van der Waals surface area (Å²) in [7, 11) is 0. The highest BCUT2D eigenvalue weighted by molar-refractivity contribution is 5.94. The maximum absolute atomic E-state index is 12.6. The van der Waals surface area contributed by atoms with Crippen LogP contribution in [0.2, 0.25) is 0 Å². The number of aryl methyl sites for hydroxylation is 1. The molecule has 3 rings (SSSR count). The Hall–Kier alpha value is -2.82. The average Bonchev–Trinajstić information content (AvgIpc) is 2.73. The summed E-state index contributed by atoms with van der Waals surface area (Å²) in [6.07, 6.45) is 1.51. The maximum atomic E-state index is 12.6. The third-order valence-corrected chi connectivity index (χ3v) is 5.36. The van der Waals surface area contributed by atoms with Crippen molar-refractivity contribution in [3.63, 3.8) is 0 Å². The van der Waals surface area contributed by atoms with Crippen molar-refractivity contribution in [3.8, 4) is 5.75 Å². The molecule has 0 saturated carbocycles. The van der Waals surface area contributed by atoms with Gasteiger partial charge in [-0.05, 0) is 55.5 Å². The summed E-state index contributed by atoms with van der Waals surface area (Å²) in [5, 5.41) is 3.02. The Morgan fingerprint density at radius 3 is 2.24 bits per heavy atom. The van der Waals surface area contributed by atoms with Gasteiger partial charge in [-0.1, -0.05) is 43.7 Å². The van der Waals surface area contributed by atoms with Crippen LogP contribution in [0.1, 0.15) is 54.1 Å². The Bertz CT molecular complexity index is 820. The van der Waals surface area contributed by atoms with Crippen LogP contribution in [0.4, 0.5) is 0 Å². The van der Waals surface area contributed by atoms with E-state index in [0.717, 1.165) is 24.0 Å². The number of hydrogen-bond acceptors (Lipinski definition) is 3. The number of rotatable bonds is 6. The van der Waals surface area contributed by atoms with E-state index >= 15 is 0 Å². The van der Waals surface area contributed by atoms with Gasteiger partial charge >= 0.3 is 0 Å². The quantitative estimate of drug-likeness (QED) is 0.808. The van der Waals surface area contributed by atoms with Crippen LogP contribution in [0, 0.1) is 6.92 Å². The number of ether oxygens (including phenoxy) is 1. The lowest BCUT2D eigenvalue weighted by Crippen LogP contribution is -2.47. The van der Waals surface area contributed by atoms with Gasteiger partial charge in [0, 0.05) is 24.7 Å². The summed E-state index contributed by atoms with van der Waals surface area (Å²) in [5.41, 5.74) is 3.10. The van der Waals surface area contributed by atoms with Gasteiger partial charge in [-0.3, -0.25) is 9.59 Å². The van der Waals surface area contributed by atoms with Crippen molar-refractivity contribution in [1.29, 1.82) is 0 Å². The molecule has 2 amide bonds. The lowest BCUT2D eigenvalue weighted by atomic mass is 10.0. The molecule has 2 aromatic carbocycles. The molecule has 0 aromatic heterocycles. The Labute approximate surface area is 173 Å². The van der Waals surface area contributed by atoms with E-state index in [-0.39, 0.29) is 24.5 Å². The fourth-order valence-corrected chi connectivity index (χ4v) is 3.47. The van der Waals surface area contributed by atoms with E-state index in [1.165, 1.54) is 5.56 Å². The fraction of sp³-hybridized carbons (Fsp3) is 0.417. The van der Waals surface area contributed by atoms with Crippen LogP contribution in [-0.4, -0.2) is 42.5 Å². The summed E-state index contributed by atoms with van der Waals surface area (Å²) in [5.74, 6) is 1.10. The lowest BCUT2D eigenvalue weighted by Gasteiger charge is -2.32. The standard InChI is InChI=1S/C24H30N2O3/c1-17(2)19-8-10-22(11-9-19)29-16-23(27)25-21-12-14-26(15-13-21)24(28)20-6-4-18(3)5-7-20/h4-11,17,21H,12-16H2,1-3H3,(H,25,27). The first kappa shape index (κ1) is 20.9. The van der Waals surface area contributed by atoms with Gasteiger partial charge in [0.2, 0.25) is 0 Å². The highest BCUT2D eigenvalue weighted by atomic mass is 16.5.